The van der Waals surface area contributed by atoms with E-state index in [1.165, 1.54) is 12.8 Å². The molecule has 0 aliphatic carbocycles. The zero-order valence-corrected chi connectivity index (χ0v) is 9.34. The summed E-state index contributed by atoms with van der Waals surface area (Å²) in [5.41, 5.74) is 0.975. The molecule has 0 aromatic heterocycles. The van der Waals surface area contributed by atoms with Crippen molar-refractivity contribution in [2.24, 2.45) is 11.8 Å². The van der Waals surface area contributed by atoms with Crippen molar-refractivity contribution in [3.63, 3.8) is 0 Å². The first kappa shape index (κ1) is 12.4. The Morgan fingerprint density at radius 1 is 1.31 bits per heavy atom. The molecule has 76 valence electrons. The minimum atomic E-state index is 0.398. The first-order valence-corrected chi connectivity index (χ1v) is 5.28. The topological polar surface area (TPSA) is 17.1 Å². The van der Waals surface area contributed by atoms with Crippen LogP contribution in [0, 0.1) is 11.8 Å². The van der Waals surface area contributed by atoms with Crippen molar-refractivity contribution < 1.29 is 4.79 Å². The van der Waals surface area contributed by atoms with E-state index in [1.807, 2.05) is 0 Å². The molecule has 0 radical (unpaired) electrons. The van der Waals surface area contributed by atoms with Crippen molar-refractivity contribution in [3.05, 3.63) is 11.6 Å². The Hall–Kier alpha value is -0.590. The summed E-state index contributed by atoms with van der Waals surface area (Å²) in [6, 6.07) is 0. The highest BCUT2D eigenvalue weighted by atomic mass is 16.1. The number of rotatable bonds is 6. The Bertz CT molecular complexity index is 168. The number of unbranched alkanes of at least 4 members (excludes halogenated alkanes) is 2. The van der Waals surface area contributed by atoms with Gasteiger partial charge in [-0.05, 0) is 23.8 Å². The zero-order valence-electron chi connectivity index (χ0n) is 9.34. The van der Waals surface area contributed by atoms with Gasteiger partial charge in [0.2, 0.25) is 0 Å². The summed E-state index contributed by atoms with van der Waals surface area (Å²) in [4.78, 5) is 10.8. The van der Waals surface area contributed by atoms with Gasteiger partial charge in [0.25, 0.3) is 0 Å². The van der Waals surface area contributed by atoms with Crippen LogP contribution in [0.5, 0.6) is 0 Å². The molecule has 0 aliphatic rings. The molecule has 1 nitrogen and oxygen atoms in total. The molecule has 0 amide bonds. The summed E-state index contributed by atoms with van der Waals surface area (Å²) < 4.78 is 0. The maximum absolute atomic E-state index is 10.8. The molecule has 0 rings (SSSR count). The molecule has 0 aliphatic heterocycles. The van der Waals surface area contributed by atoms with E-state index in [0.29, 0.717) is 11.8 Å². The monoisotopic (exact) mass is 182 g/mol. The molecule has 0 saturated carbocycles. The fourth-order valence-corrected chi connectivity index (χ4v) is 1.20. The molecule has 0 aromatic carbocycles. The Morgan fingerprint density at radius 2 is 1.92 bits per heavy atom. The van der Waals surface area contributed by atoms with Crippen LogP contribution in [0.15, 0.2) is 11.6 Å². The summed E-state index contributed by atoms with van der Waals surface area (Å²) >= 11 is 0. The number of aldehydes is 1. The summed E-state index contributed by atoms with van der Waals surface area (Å²) in [5.74, 6) is 0.951. The Labute approximate surface area is 82.2 Å². The van der Waals surface area contributed by atoms with Gasteiger partial charge in [0, 0.05) is 0 Å². The highest BCUT2D eigenvalue weighted by Gasteiger charge is 2.11. The van der Waals surface area contributed by atoms with Crippen LogP contribution in [0.4, 0.5) is 0 Å². The normalized spacial score (nSPS) is 14.7. The second kappa shape index (κ2) is 6.88. The zero-order chi connectivity index (χ0) is 10.3. The van der Waals surface area contributed by atoms with E-state index in [1.54, 1.807) is 0 Å². The van der Waals surface area contributed by atoms with Crippen LogP contribution in [-0.4, -0.2) is 6.29 Å². The molecular weight excluding hydrogens is 160 g/mol. The van der Waals surface area contributed by atoms with Gasteiger partial charge in [-0.25, -0.2) is 0 Å². The molecule has 1 heteroatoms. The lowest BCUT2D eigenvalue weighted by Crippen LogP contribution is -2.08. The fourth-order valence-electron chi connectivity index (χ4n) is 1.20. The predicted octanol–water partition coefficient (Wildman–Crippen LogP) is 3.59. The molecule has 1 unspecified atom stereocenters. The van der Waals surface area contributed by atoms with Gasteiger partial charge in [-0.15, -0.1) is 0 Å². The highest BCUT2D eigenvalue weighted by Crippen LogP contribution is 2.18. The highest BCUT2D eigenvalue weighted by molar-refractivity contribution is 5.73. The molecule has 0 N–H and O–H groups in total. The lowest BCUT2D eigenvalue weighted by molar-refractivity contribution is -0.105. The van der Waals surface area contributed by atoms with Gasteiger partial charge in [0.1, 0.15) is 6.29 Å². The van der Waals surface area contributed by atoms with Crippen molar-refractivity contribution in [1.82, 2.24) is 0 Å². The number of hydrogen-bond donors (Lipinski definition) is 0. The van der Waals surface area contributed by atoms with E-state index in [0.717, 1.165) is 18.3 Å². The number of carbonyl (C=O) groups excluding carboxylic acids is 1. The van der Waals surface area contributed by atoms with Crippen LogP contribution in [0.3, 0.4) is 0 Å². The van der Waals surface area contributed by atoms with Crippen LogP contribution in [0.25, 0.3) is 0 Å². The third kappa shape index (κ3) is 4.87. The van der Waals surface area contributed by atoms with E-state index in [-0.39, 0.29) is 0 Å². The lowest BCUT2D eigenvalue weighted by Gasteiger charge is -2.15. The van der Waals surface area contributed by atoms with Crippen LogP contribution in [0.2, 0.25) is 0 Å². The Morgan fingerprint density at radius 3 is 2.31 bits per heavy atom. The molecule has 0 bridgehead atoms. The minimum absolute atomic E-state index is 0.398. The quantitative estimate of drug-likeness (QED) is 0.348. The second-order valence-corrected chi connectivity index (χ2v) is 4.00. The number of allylic oxidation sites excluding steroid dienone is 2. The van der Waals surface area contributed by atoms with E-state index in [2.05, 4.69) is 33.8 Å². The largest absolute Gasteiger partial charge is 0.298 e. The van der Waals surface area contributed by atoms with Crippen molar-refractivity contribution in [3.8, 4) is 0 Å². The Balaban J connectivity index is 4.14. The third-order valence-electron chi connectivity index (χ3n) is 2.60. The lowest BCUT2D eigenvalue weighted by atomic mass is 9.90. The van der Waals surface area contributed by atoms with Crippen molar-refractivity contribution in [1.29, 1.82) is 0 Å². The molecule has 0 heterocycles. The van der Waals surface area contributed by atoms with Crippen LogP contribution < -0.4 is 0 Å². The SMILES string of the molecule is CCCC/C=C(\C=O)C(C)C(C)C. The van der Waals surface area contributed by atoms with Crippen molar-refractivity contribution in [2.75, 3.05) is 0 Å². The number of carbonyl (C=O) groups is 1. The molecule has 0 fully saturated rings. The predicted molar refractivity (Wildman–Crippen MR) is 57.7 cm³/mol. The third-order valence-corrected chi connectivity index (χ3v) is 2.60. The molecule has 0 saturated heterocycles. The van der Waals surface area contributed by atoms with Gasteiger partial charge in [0.15, 0.2) is 0 Å². The first-order valence-electron chi connectivity index (χ1n) is 5.28. The van der Waals surface area contributed by atoms with E-state index < -0.39 is 0 Å². The van der Waals surface area contributed by atoms with Gasteiger partial charge in [-0.3, -0.25) is 4.79 Å². The number of hydrogen-bond acceptors (Lipinski definition) is 1. The van der Waals surface area contributed by atoms with Crippen LogP contribution in [0.1, 0.15) is 47.0 Å². The maximum Gasteiger partial charge on any atom is 0.145 e. The maximum atomic E-state index is 10.8. The van der Waals surface area contributed by atoms with Gasteiger partial charge in [0.05, 0.1) is 0 Å². The van der Waals surface area contributed by atoms with Crippen molar-refractivity contribution >= 4 is 6.29 Å². The summed E-state index contributed by atoms with van der Waals surface area (Å²) in [5, 5.41) is 0. The van der Waals surface area contributed by atoms with Crippen molar-refractivity contribution in [2.45, 2.75) is 47.0 Å². The van der Waals surface area contributed by atoms with Gasteiger partial charge in [-0.1, -0.05) is 46.6 Å². The average Bonchev–Trinajstić information content (AvgIpc) is 2.11. The fraction of sp³-hybridized carbons (Fsp3) is 0.750. The molecule has 0 spiro atoms. The molecular formula is C12H22O. The first-order chi connectivity index (χ1) is 6.13. The molecule has 0 aromatic rings. The summed E-state index contributed by atoms with van der Waals surface area (Å²) in [6.07, 6.45) is 6.53. The standard InChI is InChI=1S/C12H22O/c1-5-6-7-8-12(9-13)11(4)10(2)3/h8-11H,5-7H2,1-4H3/b12-8+. The van der Waals surface area contributed by atoms with Gasteiger partial charge >= 0.3 is 0 Å². The molecule has 1 atom stereocenters. The Kier molecular flexibility index (Phi) is 6.56. The smallest absolute Gasteiger partial charge is 0.145 e. The minimum Gasteiger partial charge on any atom is -0.298 e. The van der Waals surface area contributed by atoms with Crippen LogP contribution in [-0.2, 0) is 4.79 Å². The van der Waals surface area contributed by atoms with Crippen LogP contribution >= 0.6 is 0 Å². The average molecular weight is 182 g/mol. The second-order valence-electron chi connectivity index (χ2n) is 4.00. The van der Waals surface area contributed by atoms with E-state index in [9.17, 15) is 4.79 Å². The summed E-state index contributed by atoms with van der Waals surface area (Å²) in [7, 11) is 0. The molecule has 13 heavy (non-hydrogen) atoms. The van der Waals surface area contributed by atoms with E-state index >= 15 is 0 Å². The van der Waals surface area contributed by atoms with Gasteiger partial charge in [-0.2, -0.15) is 0 Å². The summed E-state index contributed by atoms with van der Waals surface area (Å²) in [6.45, 7) is 8.60. The van der Waals surface area contributed by atoms with E-state index in [4.69, 9.17) is 0 Å². The van der Waals surface area contributed by atoms with Gasteiger partial charge < -0.3 is 0 Å².